The van der Waals surface area contributed by atoms with Crippen LogP contribution in [0.15, 0.2) is 273 Å². The molecule has 3 heterocycles. The third kappa shape index (κ3) is 21.0. The Morgan fingerprint density at radius 2 is 0.460 bits per heavy atom. The molecular weight excluding hydrogens is 1270 g/mol. The van der Waals surface area contributed by atoms with Crippen LogP contribution in [0.1, 0.15) is 57.0 Å². The Kier molecular flexibility index (Phi) is 27.3. The number of carbonyl (C=O) groups is 1. The Morgan fingerprint density at radius 1 is 0.260 bits per heavy atom. The minimum atomic E-state index is -1.51. The van der Waals surface area contributed by atoms with Crippen molar-refractivity contribution < 1.29 is 81.0 Å². The van der Waals surface area contributed by atoms with E-state index < -0.39 is 98.1 Å². The molecule has 0 aliphatic carbocycles. The van der Waals surface area contributed by atoms with Crippen molar-refractivity contribution in [2.75, 3.05) is 19.8 Å². The van der Waals surface area contributed by atoms with E-state index in [-0.39, 0.29) is 79.3 Å². The van der Waals surface area contributed by atoms with Gasteiger partial charge in [0.2, 0.25) is 0 Å². The third-order valence-corrected chi connectivity index (χ3v) is 17.7. The van der Waals surface area contributed by atoms with Gasteiger partial charge in [-0.15, -0.1) is 0 Å². The number of ether oxygens (including phenoxy) is 15. The van der Waals surface area contributed by atoms with Gasteiger partial charge in [-0.1, -0.05) is 273 Å². The van der Waals surface area contributed by atoms with Gasteiger partial charge >= 0.3 is 5.97 Å². The number of carbonyl (C=O) groups excluding carboxylic acids is 1. The zero-order valence-corrected chi connectivity index (χ0v) is 56.1. The lowest BCUT2D eigenvalue weighted by molar-refractivity contribution is -0.360. The highest BCUT2D eigenvalue weighted by molar-refractivity contribution is 5.65. The molecule has 17 nitrogen and oxygen atoms in total. The first-order valence-electron chi connectivity index (χ1n) is 34.2. The molecule has 0 bridgehead atoms. The summed E-state index contributed by atoms with van der Waals surface area (Å²) in [5.74, 6) is -0.508. The molecule has 100 heavy (non-hydrogen) atoms. The summed E-state index contributed by atoms with van der Waals surface area (Å²) >= 11 is 0. The van der Waals surface area contributed by atoms with Gasteiger partial charge in [0, 0.05) is 6.92 Å². The smallest absolute Gasteiger partial charge is 0.302 e. The molecule has 0 aromatic heterocycles. The summed E-state index contributed by atoms with van der Waals surface area (Å²) in [7, 11) is 0. The van der Waals surface area contributed by atoms with Gasteiger partial charge in [0.05, 0.1) is 72.7 Å². The Balaban J connectivity index is 0.916. The largest absolute Gasteiger partial charge is 0.463 e. The third-order valence-electron chi connectivity index (χ3n) is 17.7. The van der Waals surface area contributed by atoms with E-state index >= 15 is 0 Å². The van der Waals surface area contributed by atoms with Gasteiger partial charge in [-0.3, -0.25) is 4.79 Å². The minimum Gasteiger partial charge on any atom is -0.463 e. The number of hydrogen-bond acceptors (Lipinski definition) is 17. The Bertz CT molecular complexity index is 3730. The molecule has 3 aliphatic heterocycles. The van der Waals surface area contributed by atoms with E-state index in [0.29, 0.717) is 0 Å². The summed E-state index contributed by atoms with van der Waals surface area (Å²) in [5, 5.41) is 12.3. The first-order chi connectivity index (χ1) is 49.3. The summed E-state index contributed by atoms with van der Waals surface area (Å²) in [5.41, 5.74) is 8.10. The highest BCUT2D eigenvalue weighted by Gasteiger charge is 2.54. The minimum absolute atomic E-state index is 0.127. The van der Waals surface area contributed by atoms with Gasteiger partial charge in [0.15, 0.2) is 18.9 Å². The van der Waals surface area contributed by atoms with Crippen LogP contribution in [0.5, 0.6) is 0 Å². The maximum absolute atomic E-state index is 12.8. The van der Waals surface area contributed by atoms with Crippen LogP contribution in [-0.4, -0.2) is 123 Å². The molecule has 3 aliphatic rings. The van der Waals surface area contributed by atoms with Gasteiger partial charge in [-0.05, 0) is 50.1 Å². The van der Waals surface area contributed by atoms with Gasteiger partial charge < -0.3 is 76.2 Å². The Hall–Kier alpha value is -8.15. The van der Waals surface area contributed by atoms with E-state index in [1.165, 1.54) is 6.92 Å². The summed E-state index contributed by atoms with van der Waals surface area (Å²) in [4.78, 5) is 12.8. The number of rotatable bonds is 35. The molecule has 0 spiro atoms. The highest BCUT2D eigenvalue weighted by atomic mass is 16.8. The number of aliphatic hydroxyl groups excluding tert-OH is 1. The van der Waals surface area contributed by atoms with E-state index in [9.17, 15) is 9.90 Å². The number of hydrogen-bond donors (Lipinski definition) is 1. The van der Waals surface area contributed by atoms with Crippen LogP contribution in [0.25, 0.3) is 0 Å². The predicted octanol–water partition coefficient (Wildman–Crippen LogP) is 13.0. The summed E-state index contributed by atoms with van der Waals surface area (Å²) in [6, 6.07) is 88.4. The summed E-state index contributed by atoms with van der Waals surface area (Å²) < 4.78 is 104. The van der Waals surface area contributed by atoms with Crippen LogP contribution in [-0.2, 0) is 135 Å². The highest BCUT2D eigenvalue weighted by Crippen LogP contribution is 2.37. The van der Waals surface area contributed by atoms with E-state index in [2.05, 4.69) is 0 Å². The molecule has 12 rings (SSSR count). The fourth-order valence-corrected chi connectivity index (χ4v) is 12.5. The van der Waals surface area contributed by atoms with Crippen LogP contribution in [0.4, 0.5) is 0 Å². The fraction of sp³-hybridized carbons (Fsp3) is 0.337. The summed E-state index contributed by atoms with van der Waals surface area (Å²) in [6.07, 6.45) is -15.4. The molecule has 9 aromatic rings. The molecule has 0 radical (unpaired) electrons. The Labute approximate surface area is 585 Å². The van der Waals surface area contributed by atoms with Crippen molar-refractivity contribution in [1.29, 1.82) is 0 Å². The molecule has 0 amide bonds. The lowest BCUT2D eigenvalue weighted by Gasteiger charge is -2.48. The second-order valence-electron chi connectivity index (χ2n) is 25.0. The van der Waals surface area contributed by atoms with Crippen molar-refractivity contribution in [3.63, 3.8) is 0 Å². The Morgan fingerprint density at radius 3 is 0.710 bits per heavy atom. The standard InChI is InChI=1S/C83H88O17/c1-59(84)86-56-70-73(88-48-61-31-13-3-14-32-61)76(91-51-64-37-19-6-20-38-64)79(94-54-67-43-25-9-26-44-67)83(99-70)97-58-71-74(89-49-62-33-15-4-16-34-62)77(92-52-65-39-21-7-22-40-65)80(95-55-68-45-27-10-28-46-68)82(100-71)96-57-69-72(87-47-60-29-11-2-12-30-60)75(90-50-63-35-17-5-18-36-63)78(81(85)98-69)93-53-66-41-23-8-24-42-66/h2-46,69-83,85H,47-58H2,1H3/t69-,70-,71-,72-,73-,74-,75+,76+,77+,78-,79-,80-,81+,82+,83+/m1/s1. The van der Waals surface area contributed by atoms with Gasteiger partial charge in [0.1, 0.15) is 79.9 Å². The number of aliphatic hydroxyl groups is 1. The van der Waals surface area contributed by atoms with Crippen LogP contribution in [0.3, 0.4) is 0 Å². The molecule has 0 saturated carbocycles. The van der Waals surface area contributed by atoms with Crippen molar-refractivity contribution >= 4 is 5.97 Å². The molecule has 3 saturated heterocycles. The van der Waals surface area contributed by atoms with E-state index in [1.807, 2.05) is 273 Å². The van der Waals surface area contributed by atoms with Crippen molar-refractivity contribution in [3.8, 4) is 0 Å². The molecule has 9 aromatic carbocycles. The van der Waals surface area contributed by atoms with Crippen LogP contribution in [0, 0.1) is 0 Å². The first kappa shape index (κ1) is 71.7. The van der Waals surface area contributed by atoms with Crippen LogP contribution in [0.2, 0.25) is 0 Å². The number of benzene rings is 9. The molecule has 1 N–H and O–H groups in total. The van der Waals surface area contributed by atoms with Crippen LogP contribution >= 0.6 is 0 Å². The van der Waals surface area contributed by atoms with Crippen molar-refractivity contribution in [3.05, 3.63) is 323 Å². The van der Waals surface area contributed by atoms with Gasteiger partial charge in [-0.25, -0.2) is 0 Å². The monoisotopic (exact) mass is 1360 g/mol. The summed E-state index contributed by atoms with van der Waals surface area (Å²) in [6.45, 7) is 2.10. The lowest BCUT2D eigenvalue weighted by atomic mass is 9.96. The molecule has 3 fully saturated rings. The zero-order chi connectivity index (χ0) is 68.3. The molecule has 15 atom stereocenters. The fourth-order valence-electron chi connectivity index (χ4n) is 12.5. The number of esters is 1. The van der Waals surface area contributed by atoms with E-state index in [0.717, 1.165) is 50.1 Å². The van der Waals surface area contributed by atoms with Crippen molar-refractivity contribution in [1.82, 2.24) is 0 Å². The maximum Gasteiger partial charge on any atom is 0.302 e. The second kappa shape index (κ2) is 38.0. The molecule has 17 heteroatoms. The SMILES string of the molecule is CC(=O)OC[C@H]1O[C@H](OC[C@H]2O[C@H](OC[C@H]3O[C@H](O)[C@H](OCc4ccccc4)[C@@H](OCc4ccccc4)[C@@H]3OCc3ccccc3)[C@H](OCc3ccccc3)[C@@H](OCc3ccccc3)[C@@H]2OCc2ccccc2)[C@H](OCc2ccccc2)[C@@H](OCc2ccccc2)[C@@H]1OCc1ccccc1. The van der Waals surface area contributed by atoms with E-state index in [4.69, 9.17) is 71.1 Å². The second-order valence-corrected chi connectivity index (χ2v) is 25.0. The average Bonchev–Trinajstić information content (AvgIpc) is 0.786. The normalized spacial score (nSPS) is 25.2. The quantitative estimate of drug-likeness (QED) is 0.0371. The topological polar surface area (TPSA) is 176 Å². The molecule has 522 valence electrons. The predicted molar refractivity (Wildman–Crippen MR) is 372 cm³/mol. The first-order valence-corrected chi connectivity index (χ1v) is 34.2. The van der Waals surface area contributed by atoms with Crippen molar-refractivity contribution in [2.45, 2.75) is 159 Å². The van der Waals surface area contributed by atoms with Crippen LogP contribution < -0.4 is 0 Å². The zero-order valence-electron chi connectivity index (χ0n) is 56.1. The maximum atomic E-state index is 12.8. The van der Waals surface area contributed by atoms with Crippen molar-refractivity contribution in [2.24, 2.45) is 0 Å². The molecule has 0 unspecified atom stereocenters. The van der Waals surface area contributed by atoms with Gasteiger partial charge in [-0.2, -0.15) is 0 Å². The van der Waals surface area contributed by atoms with E-state index in [1.54, 1.807) is 0 Å². The molecular formula is C83H88O17. The lowest BCUT2D eigenvalue weighted by Crippen LogP contribution is -2.64. The average molecular weight is 1360 g/mol. The van der Waals surface area contributed by atoms with Gasteiger partial charge in [0.25, 0.3) is 0 Å².